The lowest BCUT2D eigenvalue weighted by Crippen LogP contribution is -2.50. The summed E-state index contributed by atoms with van der Waals surface area (Å²) >= 11 is 0. The van der Waals surface area contributed by atoms with Gasteiger partial charge in [0.25, 0.3) is 0 Å². The second-order valence-corrected chi connectivity index (χ2v) is 18.8. The Morgan fingerprint density at radius 3 is 1.37 bits per heavy atom. The summed E-state index contributed by atoms with van der Waals surface area (Å²) in [7, 11) is 5.53. The first-order valence-corrected chi connectivity index (χ1v) is 26.5. The molecule has 0 aliphatic heterocycles. The Bertz CT molecular complexity index is 1290. The first kappa shape index (κ1) is 61.8. The van der Waals surface area contributed by atoms with Crippen LogP contribution >= 0.6 is 0 Å². The number of rotatable bonds is 47. The smallest absolute Gasteiger partial charge is 0.362 e. The highest BCUT2D eigenvalue weighted by Crippen LogP contribution is 2.15. The normalized spacial score (nSPS) is 13.4. The molecule has 0 amide bonds. The molecule has 0 saturated carbocycles. The predicted octanol–water partition coefficient (Wildman–Crippen LogP) is 15.5. The minimum Gasteiger partial charge on any atom is -0.477 e. The van der Waals surface area contributed by atoms with Crippen LogP contribution in [0.1, 0.15) is 219 Å². The van der Waals surface area contributed by atoms with Crippen LogP contribution < -0.4 is 0 Å². The van der Waals surface area contributed by atoms with Crippen LogP contribution in [-0.2, 0) is 28.6 Å². The van der Waals surface area contributed by atoms with E-state index in [4.69, 9.17) is 14.2 Å². The number of carboxylic acid groups (broad SMARTS) is 1. The van der Waals surface area contributed by atoms with Gasteiger partial charge in [-0.15, -0.1) is 0 Å². The SMILES string of the molecule is CC/C=C/C/C=C/C/C=C/C/C=C/CCCCCCCCCCCC(=O)OCC(COCCC(C(=O)O)[N+](C)(C)C)OC(=O)CCCCCCCCCCCC/C=C/C=C/CCCCC. The van der Waals surface area contributed by atoms with Gasteiger partial charge < -0.3 is 23.8 Å². The van der Waals surface area contributed by atoms with Crippen molar-refractivity contribution in [1.29, 1.82) is 0 Å². The van der Waals surface area contributed by atoms with Crippen molar-refractivity contribution in [2.75, 3.05) is 41.0 Å². The molecule has 0 rings (SSSR count). The zero-order valence-corrected chi connectivity index (χ0v) is 42.7. The molecule has 0 heterocycles. The molecule has 0 bridgehead atoms. The number of nitrogens with zero attached hydrogens (tertiary/aromatic N) is 1. The van der Waals surface area contributed by atoms with Crippen molar-refractivity contribution in [2.24, 2.45) is 0 Å². The van der Waals surface area contributed by atoms with Gasteiger partial charge in [0.05, 0.1) is 34.4 Å². The second-order valence-electron chi connectivity index (χ2n) is 18.8. The monoisotopic (exact) mass is 911 g/mol. The van der Waals surface area contributed by atoms with Gasteiger partial charge in [0.15, 0.2) is 12.1 Å². The molecule has 8 nitrogen and oxygen atoms in total. The number of hydrogen-bond donors (Lipinski definition) is 1. The van der Waals surface area contributed by atoms with Gasteiger partial charge in [-0.25, -0.2) is 4.79 Å². The minimum absolute atomic E-state index is 0.0557. The fraction of sp³-hybridized carbons (Fsp3) is 0.737. The predicted molar refractivity (Wildman–Crippen MR) is 275 cm³/mol. The van der Waals surface area contributed by atoms with Crippen LogP contribution in [0, 0.1) is 0 Å². The van der Waals surface area contributed by atoms with E-state index >= 15 is 0 Å². The quantitative estimate of drug-likeness (QED) is 0.0213. The Morgan fingerprint density at radius 1 is 0.492 bits per heavy atom. The van der Waals surface area contributed by atoms with Crippen LogP contribution in [0.3, 0.4) is 0 Å². The van der Waals surface area contributed by atoms with Crippen LogP contribution in [-0.4, -0.2) is 80.6 Å². The molecule has 0 aliphatic carbocycles. The Morgan fingerprint density at radius 2 is 0.908 bits per heavy atom. The van der Waals surface area contributed by atoms with E-state index in [1.54, 1.807) is 0 Å². The number of esters is 2. The van der Waals surface area contributed by atoms with E-state index in [2.05, 4.69) is 86.8 Å². The van der Waals surface area contributed by atoms with E-state index in [0.29, 0.717) is 19.3 Å². The number of carbonyl (C=O) groups is 3. The summed E-state index contributed by atoms with van der Waals surface area (Å²) in [6.45, 7) is 4.60. The molecule has 2 unspecified atom stereocenters. The highest BCUT2D eigenvalue weighted by molar-refractivity contribution is 5.72. The molecule has 0 fully saturated rings. The van der Waals surface area contributed by atoms with Crippen LogP contribution in [0.25, 0.3) is 0 Å². The van der Waals surface area contributed by atoms with Gasteiger partial charge in [-0.3, -0.25) is 9.59 Å². The van der Waals surface area contributed by atoms with Crippen molar-refractivity contribution < 1.29 is 38.2 Å². The lowest BCUT2D eigenvalue weighted by atomic mass is 10.1. The number of aliphatic carboxylic acids is 1. The number of carbonyl (C=O) groups excluding carboxylic acids is 2. The molecule has 0 aromatic carbocycles. The summed E-state index contributed by atoms with van der Waals surface area (Å²) in [4.78, 5) is 37.2. The third-order valence-corrected chi connectivity index (χ3v) is 11.6. The van der Waals surface area contributed by atoms with Crippen molar-refractivity contribution in [3.05, 3.63) is 72.9 Å². The molecule has 0 aromatic rings. The van der Waals surface area contributed by atoms with E-state index in [1.165, 1.54) is 116 Å². The molecule has 2 atom stereocenters. The Kier molecular flexibility index (Phi) is 44.9. The van der Waals surface area contributed by atoms with Gasteiger partial charge in [0, 0.05) is 19.3 Å². The third kappa shape index (κ3) is 45.7. The molecule has 1 N–H and O–H groups in total. The summed E-state index contributed by atoms with van der Waals surface area (Å²) < 4.78 is 17.4. The molecule has 65 heavy (non-hydrogen) atoms. The van der Waals surface area contributed by atoms with Gasteiger partial charge in [-0.2, -0.15) is 0 Å². The van der Waals surface area contributed by atoms with Gasteiger partial charge >= 0.3 is 17.9 Å². The lowest BCUT2D eigenvalue weighted by molar-refractivity contribution is -0.887. The first-order chi connectivity index (χ1) is 31.6. The zero-order chi connectivity index (χ0) is 47.7. The maximum Gasteiger partial charge on any atom is 0.362 e. The Balaban J connectivity index is 4.24. The third-order valence-electron chi connectivity index (χ3n) is 11.6. The molecule has 0 saturated heterocycles. The van der Waals surface area contributed by atoms with Gasteiger partial charge in [-0.1, -0.05) is 196 Å². The standard InChI is InChI=1S/C57H99NO7/c1-6-8-10-12-14-16-18-20-22-24-26-27-28-30-31-33-35-37-39-41-43-45-47-55(59)64-52-53(51-63-50-49-54(57(61)62)58(3,4)5)65-56(60)48-46-44-42-40-38-36-34-32-29-25-23-21-19-17-15-13-11-9-7-2/h8,10,14-17,19-22,26-27,53-54H,6-7,9,11-13,18,23-25,28-52H2,1-5H3/p+1/b10-8+,16-14+,17-15+,21-19+,22-20+,27-26+. The van der Waals surface area contributed by atoms with Crippen LogP contribution in [0.5, 0.6) is 0 Å². The number of likely N-dealkylation sites (N-methyl/N-ethyl adjacent to an activating group) is 1. The van der Waals surface area contributed by atoms with E-state index < -0.39 is 18.1 Å². The summed E-state index contributed by atoms with van der Waals surface area (Å²) in [5, 5.41) is 9.66. The van der Waals surface area contributed by atoms with E-state index in [0.717, 1.165) is 70.6 Å². The van der Waals surface area contributed by atoms with Crippen molar-refractivity contribution >= 4 is 17.9 Å². The number of hydrogen-bond acceptors (Lipinski definition) is 6. The van der Waals surface area contributed by atoms with Crippen molar-refractivity contribution in [2.45, 2.75) is 231 Å². The largest absolute Gasteiger partial charge is 0.477 e. The maximum atomic E-state index is 12.8. The van der Waals surface area contributed by atoms with Crippen LogP contribution in [0.15, 0.2) is 72.9 Å². The fourth-order valence-electron chi connectivity index (χ4n) is 7.54. The fourth-order valence-corrected chi connectivity index (χ4v) is 7.54. The highest BCUT2D eigenvalue weighted by atomic mass is 16.6. The van der Waals surface area contributed by atoms with Gasteiger partial charge in [0.1, 0.15) is 6.61 Å². The number of unbranched alkanes of at least 4 members (excludes halogenated alkanes) is 22. The number of quaternary nitrogens is 1. The topological polar surface area (TPSA) is 99.1 Å². The molecular formula is C57H100NO7+. The molecular weight excluding hydrogens is 811 g/mol. The number of carboxylic acids is 1. The molecule has 0 aliphatic rings. The molecule has 8 heteroatoms. The van der Waals surface area contributed by atoms with Crippen LogP contribution in [0.2, 0.25) is 0 Å². The summed E-state index contributed by atoms with van der Waals surface area (Å²) in [6.07, 6.45) is 60.9. The number of allylic oxidation sites excluding steroid dienone is 12. The van der Waals surface area contributed by atoms with E-state index in [9.17, 15) is 19.5 Å². The van der Waals surface area contributed by atoms with Crippen molar-refractivity contribution in [3.8, 4) is 0 Å². The Hall–Kier alpha value is -3.23. The zero-order valence-electron chi connectivity index (χ0n) is 42.7. The summed E-state index contributed by atoms with van der Waals surface area (Å²) in [5.74, 6) is -1.48. The maximum absolute atomic E-state index is 12.8. The second kappa shape index (κ2) is 47.3. The highest BCUT2D eigenvalue weighted by Gasteiger charge is 2.31. The van der Waals surface area contributed by atoms with Crippen LogP contribution in [0.4, 0.5) is 0 Å². The molecule has 0 radical (unpaired) electrons. The Labute approximate surface area is 400 Å². The number of ether oxygens (including phenoxy) is 3. The molecule has 0 aromatic heterocycles. The summed E-state index contributed by atoms with van der Waals surface area (Å²) in [6, 6.07) is -0.619. The van der Waals surface area contributed by atoms with E-state index in [-0.39, 0.29) is 36.2 Å². The summed E-state index contributed by atoms with van der Waals surface area (Å²) in [5.41, 5.74) is 0. The first-order valence-electron chi connectivity index (χ1n) is 26.5. The van der Waals surface area contributed by atoms with Crippen molar-refractivity contribution in [3.63, 3.8) is 0 Å². The lowest BCUT2D eigenvalue weighted by Gasteiger charge is -2.31. The molecule has 374 valence electrons. The van der Waals surface area contributed by atoms with Gasteiger partial charge in [-0.05, 0) is 77.0 Å². The molecule has 0 spiro atoms. The van der Waals surface area contributed by atoms with Gasteiger partial charge in [0.2, 0.25) is 0 Å². The van der Waals surface area contributed by atoms with Crippen molar-refractivity contribution in [1.82, 2.24) is 0 Å². The van der Waals surface area contributed by atoms with E-state index in [1.807, 2.05) is 21.1 Å². The average Bonchev–Trinajstić information content (AvgIpc) is 3.27. The average molecular weight is 911 g/mol. The minimum atomic E-state index is -0.877.